The molecule has 18 heavy (non-hydrogen) atoms. The van der Waals surface area contributed by atoms with Gasteiger partial charge in [-0.15, -0.1) is 0 Å². The first kappa shape index (κ1) is 13.1. The molecule has 1 unspecified atom stereocenters. The minimum Gasteiger partial charge on any atom is -0.268 e. The maximum Gasteiger partial charge on any atom is 0.0677 e. The fourth-order valence-corrected chi connectivity index (χ4v) is 2.94. The maximum absolute atomic E-state index is 9.03. The van der Waals surface area contributed by atoms with Crippen molar-refractivity contribution in [2.24, 2.45) is 5.92 Å². The first-order chi connectivity index (χ1) is 8.76. The predicted octanol–water partition coefficient (Wildman–Crippen LogP) is 4.04. The van der Waals surface area contributed by atoms with Crippen molar-refractivity contribution in [3.63, 3.8) is 0 Å². The van der Waals surface area contributed by atoms with Gasteiger partial charge in [0.2, 0.25) is 0 Å². The minimum absolute atomic E-state index is 0.287. The summed E-state index contributed by atoms with van der Waals surface area (Å²) in [6.45, 7) is 4.43. The van der Waals surface area contributed by atoms with Crippen molar-refractivity contribution in [2.75, 3.05) is 0 Å². The Labute approximate surface area is 110 Å². The molecule has 1 heterocycles. The zero-order valence-electron chi connectivity index (χ0n) is 11.5. The highest BCUT2D eigenvalue weighted by atomic mass is 15.3. The number of hydrogen-bond acceptors (Lipinski definition) is 2. The van der Waals surface area contributed by atoms with Crippen molar-refractivity contribution in [3.8, 4) is 6.07 Å². The highest BCUT2D eigenvalue weighted by Crippen LogP contribution is 2.36. The van der Waals surface area contributed by atoms with E-state index in [2.05, 4.69) is 35.9 Å². The minimum atomic E-state index is 0.287. The molecule has 98 valence electrons. The molecule has 2 rings (SSSR count). The van der Waals surface area contributed by atoms with Gasteiger partial charge < -0.3 is 0 Å². The van der Waals surface area contributed by atoms with Crippen LogP contribution >= 0.6 is 0 Å². The van der Waals surface area contributed by atoms with Gasteiger partial charge in [0, 0.05) is 6.20 Å². The second-order valence-electron chi connectivity index (χ2n) is 5.54. The number of hydrogen-bond donors (Lipinski definition) is 0. The third-order valence-corrected chi connectivity index (χ3v) is 4.39. The maximum atomic E-state index is 9.03. The van der Waals surface area contributed by atoms with Crippen molar-refractivity contribution in [1.82, 2.24) is 9.78 Å². The molecule has 3 heteroatoms. The lowest BCUT2D eigenvalue weighted by atomic mass is 9.96. The average Bonchev–Trinajstić information content (AvgIpc) is 3.06. The van der Waals surface area contributed by atoms with Crippen LogP contribution in [-0.2, 0) is 0 Å². The van der Waals surface area contributed by atoms with E-state index in [1.807, 2.05) is 6.20 Å². The van der Waals surface area contributed by atoms with Crippen LogP contribution in [0.4, 0.5) is 0 Å². The predicted molar refractivity (Wildman–Crippen MR) is 72.2 cm³/mol. The van der Waals surface area contributed by atoms with Crippen molar-refractivity contribution in [2.45, 2.75) is 64.3 Å². The van der Waals surface area contributed by atoms with Crippen LogP contribution in [0.25, 0.3) is 0 Å². The summed E-state index contributed by atoms with van der Waals surface area (Å²) < 4.78 is 2.06. The normalized spacial score (nSPS) is 19.6. The summed E-state index contributed by atoms with van der Waals surface area (Å²) in [5, 5.41) is 13.5. The summed E-state index contributed by atoms with van der Waals surface area (Å²) in [5.74, 6) is 1.21. The smallest absolute Gasteiger partial charge is 0.0677 e. The van der Waals surface area contributed by atoms with Crippen LogP contribution in [0.15, 0.2) is 12.4 Å². The van der Waals surface area contributed by atoms with Crippen LogP contribution in [0, 0.1) is 17.2 Å². The van der Waals surface area contributed by atoms with Gasteiger partial charge in [-0.1, -0.05) is 26.7 Å². The molecule has 0 aromatic carbocycles. The molecule has 0 N–H and O–H groups in total. The van der Waals surface area contributed by atoms with Crippen molar-refractivity contribution in [1.29, 1.82) is 5.26 Å². The topological polar surface area (TPSA) is 41.6 Å². The Hall–Kier alpha value is -1.30. The summed E-state index contributed by atoms with van der Waals surface area (Å²) >= 11 is 0. The standard InChI is InChI=1S/C15H23N3/c1-3-12(2)14-10-17-18(11-14)15(8-9-16)13-6-4-5-7-13/h10-13,15H,3-8H2,1-2H3/t12?,15-/m1/s1. The second kappa shape index (κ2) is 6.04. The van der Waals surface area contributed by atoms with Crippen LogP contribution in [0.2, 0.25) is 0 Å². The van der Waals surface area contributed by atoms with E-state index in [9.17, 15) is 0 Å². The van der Waals surface area contributed by atoms with Crippen LogP contribution < -0.4 is 0 Å². The SMILES string of the molecule is CCC(C)c1cnn([C@H](CC#N)C2CCCC2)c1. The van der Waals surface area contributed by atoms with Crippen molar-refractivity contribution >= 4 is 0 Å². The Morgan fingerprint density at radius 3 is 2.83 bits per heavy atom. The van der Waals surface area contributed by atoms with Gasteiger partial charge in [-0.05, 0) is 36.7 Å². The molecule has 1 aromatic heterocycles. The fraction of sp³-hybridized carbons (Fsp3) is 0.733. The Balaban J connectivity index is 2.15. The molecule has 1 saturated carbocycles. The van der Waals surface area contributed by atoms with E-state index in [1.54, 1.807) is 0 Å². The molecule has 0 bridgehead atoms. The van der Waals surface area contributed by atoms with E-state index in [4.69, 9.17) is 5.26 Å². The molecule has 1 aliphatic rings. The summed E-state index contributed by atoms with van der Waals surface area (Å²) in [6, 6.07) is 2.62. The molecule has 3 nitrogen and oxygen atoms in total. The van der Waals surface area contributed by atoms with E-state index in [0.717, 1.165) is 6.42 Å². The summed E-state index contributed by atoms with van der Waals surface area (Å²) in [7, 11) is 0. The first-order valence-electron chi connectivity index (χ1n) is 7.17. The molecule has 1 aromatic rings. The Morgan fingerprint density at radius 1 is 1.50 bits per heavy atom. The van der Waals surface area contributed by atoms with Gasteiger partial charge in [0.1, 0.15) is 0 Å². The largest absolute Gasteiger partial charge is 0.268 e. The molecule has 0 saturated heterocycles. The quantitative estimate of drug-likeness (QED) is 0.785. The lowest BCUT2D eigenvalue weighted by Crippen LogP contribution is -2.17. The van der Waals surface area contributed by atoms with Gasteiger partial charge in [-0.3, -0.25) is 4.68 Å². The Bertz CT molecular complexity index is 410. The third kappa shape index (κ3) is 2.75. The van der Waals surface area contributed by atoms with Gasteiger partial charge in [-0.25, -0.2) is 0 Å². The van der Waals surface area contributed by atoms with E-state index >= 15 is 0 Å². The van der Waals surface area contributed by atoms with E-state index in [0.29, 0.717) is 18.3 Å². The molecule has 1 aliphatic carbocycles. The lowest BCUT2D eigenvalue weighted by molar-refractivity contribution is 0.314. The molecule has 0 amide bonds. The molecule has 2 atom stereocenters. The number of rotatable bonds is 5. The summed E-state index contributed by atoms with van der Waals surface area (Å²) in [5.41, 5.74) is 1.30. The molecule has 0 radical (unpaired) electrons. The van der Waals surface area contributed by atoms with E-state index in [-0.39, 0.29) is 6.04 Å². The van der Waals surface area contributed by atoms with Gasteiger partial charge in [0.05, 0.1) is 24.7 Å². The van der Waals surface area contributed by atoms with Crippen LogP contribution in [0.3, 0.4) is 0 Å². The zero-order valence-corrected chi connectivity index (χ0v) is 11.5. The van der Waals surface area contributed by atoms with Gasteiger partial charge >= 0.3 is 0 Å². The number of aromatic nitrogens is 2. The highest BCUT2D eigenvalue weighted by molar-refractivity contribution is 5.10. The highest BCUT2D eigenvalue weighted by Gasteiger charge is 2.27. The van der Waals surface area contributed by atoms with Crippen molar-refractivity contribution in [3.05, 3.63) is 18.0 Å². The monoisotopic (exact) mass is 245 g/mol. The van der Waals surface area contributed by atoms with Crippen molar-refractivity contribution < 1.29 is 0 Å². The third-order valence-electron chi connectivity index (χ3n) is 4.39. The van der Waals surface area contributed by atoms with E-state index in [1.165, 1.54) is 31.2 Å². The Kier molecular flexibility index (Phi) is 4.41. The molecule has 0 aliphatic heterocycles. The average molecular weight is 245 g/mol. The Morgan fingerprint density at radius 2 is 2.22 bits per heavy atom. The molecule has 0 spiro atoms. The van der Waals surface area contributed by atoms with Gasteiger partial charge in [-0.2, -0.15) is 10.4 Å². The van der Waals surface area contributed by atoms with Crippen LogP contribution in [-0.4, -0.2) is 9.78 Å². The number of nitrogens with zero attached hydrogens (tertiary/aromatic N) is 3. The van der Waals surface area contributed by atoms with Crippen LogP contribution in [0.5, 0.6) is 0 Å². The van der Waals surface area contributed by atoms with E-state index < -0.39 is 0 Å². The lowest BCUT2D eigenvalue weighted by Gasteiger charge is -2.21. The van der Waals surface area contributed by atoms with Crippen LogP contribution in [0.1, 0.15) is 69.9 Å². The zero-order chi connectivity index (χ0) is 13.0. The fourth-order valence-electron chi connectivity index (χ4n) is 2.94. The van der Waals surface area contributed by atoms with Gasteiger partial charge in [0.25, 0.3) is 0 Å². The first-order valence-corrected chi connectivity index (χ1v) is 7.17. The second-order valence-corrected chi connectivity index (χ2v) is 5.54. The summed E-state index contributed by atoms with van der Waals surface area (Å²) in [4.78, 5) is 0. The summed E-state index contributed by atoms with van der Waals surface area (Å²) in [6.07, 6.45) is 11.0. The molecular weight excluding hydrogens is 222 g/mol. The molecular formula is C15H23N3. The number of nitriles is 1. The van der Waals surface area contributed by atoms with Gasteiger partial charge in [0.15, 0.2) is 0 Å². The molecule has 1 fully saturated rings.